The summed E-state index contributed by atoms with van der Waals surface area (Å²) < 4.78 is 14.4. The average Bonchev–Trinajstić information content (AvgIpc) is 2.43. The molecule has 1 atom stereocenters. The Labute approximate surface area is 151 Å². The highest BCUT2D eigenvalue weighted by Gasteiger charge is 2.27. The minimum absolute atomic E-state index is 0. The Bertz CT molecular complexity index is 511. The second kappa shape index (κ2) is 9.73. The van der Waals surface area contributed by atoms with Gasteiger partial charge in [-0.1, -0.05) is 21.5 Å². The minimum atomic E-state index is -0.579. The molecule has 0 saturated carbocycles. The van der Waals surface area contributed by atoms with E-state index in [0.29, 0.717) is 12.0 Å². The molecule has 7 heteroatoms. The van der Waals surface area contributed by atoms with E-state index in [1.54, 1.807) is 6.07 Å². The molecule has 2 N–H and O–H groups in total. The van der Waals surface area contributed by atoms with Crippen molar-refractivity contribution in [2.45, 2.75) is 19.4 Å². The molecule has 0 spiro atoms. The Morgan fingerprint density at radius 1 is 1.41 bits per heavy atom. The lowest BCUT2D eigenvalue weighted by atomic mass is 9.97. The average molecular weight is 416 g/mol. The number of hydrogen-bond donors (Lipinski definition) is 2. The van der Waals surface area contributed by atoms with Gasteiger partial charge in [0.1, 0.15) is 0 Å². The number of aromatic hydroxyl groups is 1. The molecule has 0 bridgehead atoms. The molecule has 0 aromatic heterocycles. The summed E-state index contributed by atoms with van der Waals surface area (Å²) in [5.74, 6) is -0.839. The fourth-order valence-corrected chi connectivity index (χ4v) is 3.20. The highest BCUT2D eigenvalue weighted by molar-refractivity contribution is 9.10. The van der Waals surface area contributed by atoms with Gasteiger partial charge in [0.05, 0.1) is 0 Å². The van der Waals surface area contributed by atoms with E-state index in [4.69, 9.17) is 0 Å². The van der Waals surface area contributed by atoms with Gasteiger partial charge in [0.25, 0.3) is 0 Å². The summed E-state index contributed by atoms with van der Waals surface area (Å²) in [6, 6.07) is 2.87. The fourth-order valence-electron chi connectivity index (χ4n) is 2.61. The molecule has 1 fully saturated rings. The Morgan fingerprint density at radius 3 is 2.55 bits per heavy atom. The van der Waals surface area contributed by atoms with Crippen LogP contribution in [0.5, 0.6) is 5.75 Å². The Hall–Kier alpha value is -0.330. The van der Waals surface area contributed by atoms with E-state index in [9.17, 15) is 9.50 Å². The van der Waals surface area contributed by atoms with E-state index < -0.39 is 5.82 Å². The molecule has 0 unspecified atom stereocenters. The lowest BCUT2D eigenvalue weighted by Gasteiger charge is -2.36. The molecular formula is C15H22BrCl2FN2O. The van der Waals surface area contributed by atoms with Gasteiger partial charge in [-0.3, -0.25) is 4.90 Å². The van der Waals surface area contributed by atoms with Crippen LogP contribution in [-0.2, 0) is 0 Å². The molecule has 2 rings (SSSR count). The van der Waals surface area contributed by atoms with Gasteiger partial charge in [0, 0.05) is 42.3 Å². The molecule has 1 aliphatic rings. The number of phenols is 1. The van der Waals surface area contributed by atoms with Crippen molar-refractivity contribution < 1.29 is 9.50 Å². The van der Waals surface area contributed by atoms with Crippen molar-refractivity contribution in [3.63, 3.8) is 0 Å². The van der Waals surface area contributed by atoms with E-state index in [0.717, 1.165) is 36.2 Å². The lowest BCUT2D eigenvalue weighted by molar-refractivity contribution is 0.168. The van der Waals surface area contributed by atoms with Gasteiger partial charge < -0.3 is 10.4 Å². The summed E-state index contributed by atoms with van der Waals surface area (Å²) >= 11 is 3.44. The number of piperazine rings is 1. The molecule has 0 aliphatic carbocycles. The smallest absolute Gasteiger partial charge is 0.165 e. The van der Waals surface area contributed by atoms with Crippen LogP contribution < -0.4 is 5.32 Å². The van der Waals surface area contributed by atoms with Gasteiger partial charge in [-0.05, 0) is 25.5 Å². The van der Waals surface area contributed by atoms with Crippen molar-refractivity contribution in [3.8, 4) is 5.75 Å². The zero-order valence-corrected chi connectivity index (χ0v) is 15.7. The van der Waals surface area contributed by atoms with Gasteiger partial charge in [-0.2, -0.15) is 0 Å². The molecule has 126 valence electrons. The lowest BCUT2D eigenvalue weighted by Crippen LogP contribution is -2.45. The second-order valence-corrected chi connectivity index (χ2v) is 6.11. The zero-order chi connectivity index (χ0) is 14.7. The van der Waals surface area contributed by atoms with E-state index in [1.807, 2.05) is 6.92 Å². The molecule has 1 saturated heterocycles. The van der Waals surface area contributed by atoms with Crippen molar-refractivity contribution in [1.29, 1.82) is 0 Å². The van der Waals surface area contributed by atoms with E-state index in [2.05, 4.69) is 32.7 Å². The summed E-state index contributed by atoms with van der Waals surface area (Å²) in [5.41, 5.74) is 1.64. The number of rotatable bonds is 4. The minimum Gasteiger partial charge on any atom is -0.505 e. The summed E-state index contributed by atoms with van der Waals surface area (Å²) in [6.45, 7) is 9.48. The number of nitrogens with one attached hydrogen (secondary N) is 1. The van der Waals surface area contributed by atoms with Crippen LogP contribution in [0, 0.1) is 5.82 Å². The largest absolute Gasteiger partial charge is 0.505 e. The van der Waals surface area contributed by atoms with Crippen LogP contribution in [0.25, 0.3) is 0 Å². The molecule has 1 aromatic carbocycles. The fraction of sp³-hybridized carbons (Fsp3) is 0.467. The molecule has 3 nitrogen and oxygen atoms in total. The van der Waals surface area contributed by atoms with Crippen LogP contribution in [0.4, 0.5) is 4.39 Å². The quantitative estimate of drug-likeness (QED) is 0.728. The van der Waals surface area contributed by atoms with Crippen molar-refractivity contribution in [2.75, 3.05) is 26.2 Å². The number of phenolic OH excluding ortho intramolecular Hbond substituents is 1. The topological polar surface area (TPSA) is 35.5 Å². The molecule has 0 radical (unpaired) electrons. The number of benzene rings is 1. The zero-order valence-electron chi connectivity index (χ0n) is 12.4. The van der Waals surface area contributed by atoms with Crippen LogP contribution in [0.1, 0.15) is 24.9 Å². The third-order valence-corrected chi connectivity index (χ3v) is 4.27. The first kappa shape index (κ1) is 21.7. The number of nitrogens with zero attached hydrogens (tertiary/aromatic N) is 1. The van der Waals surface area contributed by atoms with E-state index >= 15 is 0 Å². The molecule has 1 aromatic rings. The van der Waals surface area contributed by atoms with Gasteiger partial charge in [0.15, 0.2) is 11.6 Å². The van der Waals surface area contributed by atoms with Gasteiger partial charge in [-0.15, -0.1) is 31.4 Å². The molecular weight excluding hydrogens is 394 g/mol. The Balaban J connectivity index is 0.00000220. The van der Waals surface area contributed by atoms with Crippen LogP contribution in [-0.4, -0.2) is 36.2 Å². The van der Waals surface area contributed by atoms with Crippen molar-refractivity contribution in [1.82, 2.24) is 10.2 Å². The van der Waals surface area contributed by atoms with Crippen molar-refractivity contribution in [2.24, 2.45) is 0 Å². The van der Waals surface area contributed by atoms with Crippen molar-refractivity contribution >= 4 is 40.7 Å². The summed E-state index contributed by atoms with van der Waals surface area (Å²) in [6.07, 6.45) is 0.704. The maximum Gasteiger partial charge on any atom is 0.165 e. The predicted octanol–water partition coefficient (Wildman–Crippen LogP) is 4.05. The maximum atomic E-state index is 13.7. The van der Waals surface area contributed by atoms with Crippen molar-refractivity contribution in [3.05, 3.63) is 40.1 Å². The van der Waals surface area contributed by atoms with Crippen LogP contribution in [0.15, 0.2) is 28.8 Å². The monoisotopic (exact) mass is 414 g/mol. The molecule has 1 aliphatic heterocycles. The number of halogens is 4. The SMILES string of the molecule is C=C(C)C[C@H](c1c(Br)ccc(F)c1O)N1CCNCC1.Cl.Cl. The Kier molecular flexibility index (Phi) is 9.58. The van der Waals surface area contributed by atoms with Gasteiger partial charge in [0.2, 0.25) is 0 Å². The molecule has 1 heterocycles. The van der Waals surface area contributed by atoms with Crippen LogP contribution in [0.2, 0.25) is 0 Å². The summed E-state index contributed by atoms with van der Waals surface area (Å²) in [5, 5.41) is 13.4. The van der Waals surface area contributed by atoms with Crippen LogP contribution >= 0.6 is 40.7 Å². The third kappa shape index (κ3) is 5.10. The molecule has 22 heavy (non-hydrogen) atoms. The highest BCUT2D eigenvalue weighted by Crippen LogP contribution is 2.39. The molecule has 0 amide bonds. The van der Waals surface area contributed by atoms with Gasteiger partial charge in [-0.25, -0.2) is 4.39 Å². The first-order valence-corrected chi connectivity index (χ1v) is 7.56. The van der Waals surface area contributed by atoms with Crippen LogP contribution in [0.3, 0.4) is 0 Å². The summed E-state index contributed by atoms with van der Waals surface area (Å²) in [7, 11) is 0. The highest BCUT2D eigenvalue weighted by atomic mass is 79.9. The maximum absolute atomic E-state index is 13.7. The predicted molar refractivity (Wildman–Crippen MR) is 96.9 cm³/mol. The first-order valence-electron chi connectivity index (χ1n) is 6.76. The Morgan fingerprint density at radius 2 is 2.00 bits per heavy atom. The van der Waals surface area contributed by atoms with E-state index in [-0.39, 0.29) is 36.6 Å². The first-order chi connectivity index (χ1) is 9.50. The third-order valence-electron chi connectivity index (χ3n) is 3.58. The standard InChI is InChI=1S/C15H20BrFN2O.2ClH/c1-10(2)9-13(19-7-5-18-6-8-19)14-11(16)3-4-12(17)15(14)20;;/h3-4,13,18,20H,1,5-9H2,2H3;2*1H/t13-;;/m1../s1. The normalized spacial score (nSPS) is 16.3. The van der Waals surface area contributed by atoms with Gasteiger partial charge >= 0.3 is 0 Å². The summed E-state index contributed by atoms with van der Waals surface area (Å²) in [4.78, 5) is 2.27. The van der Waals surface area contributed by atoms with E-state index in [1.165, 1.54) is 6.07 Å². The number of hydrogen-bond acceptors (Lipinski definition) is 3. The second-order valence-electron chi connectivity index (χ2n) is 5.25.